The van der Waals surface area contributed by atoms with Crippen LogP contribution in [-0.4, -0.2) is 37.0 Å². The maximum absolute atomic E-state index is 12.8. The second kappa shape index (κ2) is 6.80. The van der Waals surface area contributed by atoms with Gasteiger partial charge in [0.15, 0.2) is 0 Å². The first-order chi connectivity index (χ1) is 9.92. The van der Waals surface area contributed by atoms with E-state index in [9.17, 15) is 4.79 Å². The van der Waals surface area contributed by atoms with Gasteiger partial charge in [0, 0.05) is 29.6 Å². The van der Waals surface area contributed by atoms with E-state index < -0.39 is 5.41 Å². The fraction of sp³-hybridized carbons (Fsp3) is 0.588. The number of likely N-dealkylation sites (tertiary alicyclic amines) is 1. The van der Waals surface area contributed by atoms with Crippen molar-refractivity contribution in [3.05, 3.63) is 34.9 Å². The normalized spacial score (nSPS) is 17.0. The number of rotatable bonds is 4. The van der Waals surface area contributed by atoms with Crippen LogP contribution in [0.25, 0.3) is 0 Å². The van der Waals surface area contributed by atoms with Crippen LogP contribution in [0, 0.1) is 5.41 Å². The lowest BCUT2D eigenvalue weighted by Gasteiger charge is -2.37. The predicted octanol–water partition coefficient (Wildman–Crippen LogP) is 3.12. The lowest BCUT2D eigenvalue weighted by molar-refractivity contribution is -0.141. The van der Waals surface area contributed by atoms with Gasteiger partial charge in [0.05, 0.1) is 0 Å². The molecule has 1 aromatic carbocycles. The number of carbonyl (C=O) groups is 1. The highest BCUT2D eigenvalue weighted by atomic mass is 35.5. The standard InChI is InChI=1S/C17H25ClN2O/c1-17(2,12-13-5-4-6-14(18)11-13)16(21)20-9-7-15(19-3)8-10-20/h4-6,11,15,19H,7-10,12H2,1-3H3. The van der Waals surface area contributed by atoms with Crippen LogP contribution < -0.4 is 5.32 Å². The van der Waals surface area contributed by atoms with Gasteiger partial charge in [-0.1, -0.05) is 37.6 Å². The number of piperidine rings is 1. The van der Waals surface area contributed by atoms with Crippen LogP contribution in [0.5, 0.6) is 0 Å². The zero-order chi connectivity index (χ0) is 15.5. The Kier molecular flexibility index (Phi) is 5.28. The van der Waals surface area contributed by atoms with Crippen LogP contribution in [0.1, 0.15) is 32.3 Å². The zero-order valence-electron chi connectivity index (χ0n) is 13.2. The van der Waals surface area contributed by atoms with Crippen LogP contribution >= 0.6 is 11.6 Å². The lowest BCUT2D eigenvalue weighted by Crippen LogP contribution is -2.48. The number of amides is 1. The number of hydrogen-bond donors (Lipinski definition) is 1. The fourth-order valence-corrected chi connectivity index (χ4v) is 3.25. The molecule has 4 heteroatoms. The highest BCUT2D eigenvalue weighted by Crippen LogP contribution is 2.27. The van der Waals surface area contributed by atoms with Crippen molar-refractivity contribution >= 4 is 17.5 Å². The highest BCUT2D eigenvalue weighted by molar-refractivity contribution is 6.30. The molecule has 2 rings (SSSR count). The molecular weight excluding hydrogens is 284 g/mol. The van der Waals surface area contributed by atoms with Crippen molar-refractivity contribution in [2.75, 3.05) is 20.1 Å². The molecule has 3 nitrogen and oxygen atoms in total. The molecule has 1 aliphatic heterocycles. The molecule has 21 heavy (non-hydrogen) atoms. The van der Waals surface area contributed by atoms with Crippen LogP contribution in [-0.2, 0) is 11.2 Å². The molecule has 1 aromatic rings. The lowest BCUT2D eigenvalue weighted by atomic mass is 9.83. The van der Waals surface area contributed by atoms with Gasteiger partial charge >= 0.3 is 0 Å². The highest BCUT2D eigenvalue weighted by Gasteiger charge is 2.33. The molecule has 1 fully saturated rings. The summed E-state index contributed by atoms with van der Waals surface area (Å²) in [7, 11) is 1.99. The van der Waals surface area contributed by atoms with E-state index in [4.69, 9.17) is 11.6 Å². The molecule has 1 saturated heterocycles. The van der Waals surface area contributed by atoms with Gasteiger partial charge in [0.1, 0.15) is 0 Å². The van der Waals surface area contributed by atoms with Crippen molar-refractivity contribution in [2.24, 2.45) is 5.41 Å². The summed E-state index contributed by atoms with van der Waals surface area (Å²) in [5.41, 5.74) is 0.725. The molecule has 0 aliphatic carbocycles. The van der Waals surface area contributed by atoms with Gasteiger partial charge in [0.2, 0.25) is 5.91 Å². The number of nitrogens with zero attached hydrogens (tertiary/aromatic N) is 1. The molecule has 0 aromatic heterocycles. The van der Waals surface area contributed by atoms with E-state index in [-0.39, 0.29) is 5.91 Å². The Morgan fingerprint density at radius 2 is 2.05 bits per heavy atom. The molecule has 1 heterocycles. The molecule has 0 radical (unpaired) electrons. The Hall–Kier alpha value is -1.06. The summed E-state index contributed by atoms with van der Waals surface area (Å²) in [4.78, 5) is 14.8. The maximum Gasteiger partial charge on any atom is 0.228 e. The summed E-state index contributed by atoms with van der Waals surface area (Å²) in [6.45, 7) is 5.76. The van der Waals surface area contributed by atoms with E-state index in [1.165, 1.54) is 0 Å². The van der Waals surface area contributed by atoms with Crippen LogP contribution in [0.4, 0.5) is 0 Å². The molecule has 1 amide bonds. The minimum atomic E-state index is -0.392. The van der Waals surface area contributed by atoms with Crippen molar-refractivity contribution in [1.82, 2.24) is 10.2 Å². The minimum Gasteiger partial charge on any atom is -0.342 e. The van der Waals surface area contributed by atoms with Gasteiger partial charge in [-0.15, -0.1) is 0 Å². The Morgan fingerprint density at radius 3 is 2.62 bits per heavy atom. The molecule has 0 unspecified atom stereocenters. The Labute approximate surface area is 132 Å². The summed E-state index contributed by atoms with van der Waals surface area (Å²) in [6, 6.07) is 8.34. The van der Waals surface area contributed by atoms with E-state index in [0.717, 1.165) is 42.9 Å². The van der Waals surface area contributed by atoms with Crippen molar-refractivity contribution in [3.63, 3.8) is 0 Å². The first-order valence-electron chi connectivity index (χ1n) is 7.63. The van der Waals surface area contributed by atoms with Gasteiger partial charge < -0.3 is 10.2 Å². The topological polar surface area (TPSA) is 32.3 Å². The van der Waals surface area contributed by atoms with E-state index in [2.05, 4.69) is 5.32 Å². The summed E-state index contributed by atoms with van der Waals surface area (Å²) in [5.74, 6) is 0.247. The number of benzene rings is 1. The van der Waals surface area contributed by atoms with E-state index >= 15 is 0 Å². The second-order valence-electron chi connectivity index (χ2n) is 6.55. The van der Waals surface area contributed by atoms with E-state index in [1.54, 1.807) is 0 Å². The average Bonchev–Trinajstić information content (AvgIpc) is 2.46. The van der Waals surface area contributed by atoms with Gasteiger partial charge in [-0.3, -0.25) is 4.79 Å². The van der Waals surface area contributed by atoms with Gasteiger partial charge in [-0.25, -0.2) is 0 Å². The number of hydrogen-bond acceptors (Lipinski definition) is 2. The number of nitrogens with one attached hydrogen (secondary N) is 1. The third kappa shape index (κ3) is 4.21. The third-order valence-electron chi connectivity index (χ3n) is 4.30. The number of carbonyl (C=O) groups excluding carboxylic acids is 1. The summed E-state index contributed by atoms with van der Waals surface area (Å²) in [5, 5.41) is 4.02. The van der Waals surface area contributed by atoms with E-state index in [0.29, 0.717) is 6.04 Å². The summed E-state index contributed by atoms with van der Waals surface area (Å²) in [6.07, 6.45) is 2.79. The van der Waals surface area contributed by atoms with Crippen molar-refractivity contribution in [2.45, 2.75) is 39.2 Å². The molecule has 1 N–H and O–H groups in total. The van der Waals surface area contributed by atoms with Crippen LogP contribution in [0.3, 0.4) is 0 Å². The quantitative estimate of drug-likeness (QED) is 0.927. The van der Waals surface area contributed by atoms with E-state index in [1.807, 2.05) is 50.1 Å². The average molecular weight is 309 g/mol. The van der Waals surface area contributed by atoms with Crippen molar-refractivity contribution in [1.29, 1.82) is 0 Å². The minimum absolute atomic E-state index is 0.247. The Morgan fingerprint density at radius 1 is 1.38 bits per heavy atom. The number of halogens is 1. The molecule has 0 spiro atoms. The molecular formula is C17H25ClN2O. The smallest absolute Gasteiger partial charge is 0.228 e. The molecule has 0 bridgehead atoms. The monoisotopic (exact) mass is 308 g/mol. The van der Waals surface area contributed by atoms with Gasteiger partial charge in [-0.05, 0) is 44.0 Å². The molecule has 116 valence electrons. The molecule has 0 saturated carbocycles. The Balaban J connectivity index is 2.00. The first-order valence-corrected chi connectivity index (χ1v) is 8.01. The molecule has 1 aliphatic rings. The predicted molar refractivity (Wildman–Crippen MR) is 87.6 cm³/mol. The Bertz CT molecular complexity index is 493. The van der Waals surface area contributed by atoms with Crippen molar-refractivity contribution in [3.8, 4) is 0 Å². The van der Waals surface area contributed by atoms with Crippen molar-refractivity contribution < 1.29 is 4.79 Å². The van der Waals surface area contributed by atoms with Crippen LogP contribution in [0.2, 0.25) is 5.02 Å². The largest absolute Gasteiger partial charge is 0.342 e. The maximum atomic E-state index is 12.8. The summed E-state index contributed by atoms with van der Waals surface area (Å²) >= 11 is 6.03. The third-order valence-corrected chi connectivity index (χ3v) is 4.54. The van der Waals surface area contributed by atoms with Gasteiger partial charge in [-0.2, -0.15) is 0 Å². The second-order valence-corrected chi connectivity index (χ2v) is 6.98. The van der Waals surface area contributed by atoms with Gasteiger partial charge in [0.25, 0.3) is 0 Å². The van der Waals surface area contributed by atoms with Crippen LogP contribution in [0.15, 0.2) is 24.3 Å². The summed E-state index contributed by atoms with van der Waals surface area (Å²) < 4.78 is 0. The first kappa shape index (κ1) is 16.3. The SMILES string of the molecule is CNC1CCN(C(=O)C(C)(C)Cc2cccc(Cl)c2)CC1. The fourth-order valence-electron chi connectivity index (χ4n) is 3.03. The zero-order valence-corrected chi connectivity index (χ0v) is 13.9. The molecule has 0 atom stereocenters.